The van der Waals surface area contributed by atoms with Crippen LogP contribution in [0.3, 0.4) is 0 Å². The van der Waals surface area contributed by atoms with Crippen molar-refractivity contribution in [2.24, 2.45) is 5.92 Å². The Balaban J connectivity index is 2.10. The number of hydrogen-bond donors (Lipinski definition) is 1. The lowest BCUT2D eigenvalue weighted by Crippen LogP contribution is -2.48. The van der Waals surface area contributed by atoms with Gasteiger partial charge in [-0.15, -0.1) is 0 Å². The van der Waals surface area contributed by atoms with E-state index in [0.29, 0.717) is 17.1 Å². The first-order valence-corrected chi connectivity index (χ1v) is 8.01. The fourth-order valence-electron chi connectivity index (χ4n) is 3.35. The number of nitrogens with one attached hydrogen (secondary N) is 1. The summed E-state index contributed by atoms with van der Waals surface area (Å²) in [5.41, 5.74) is 1.50. The Hall–Kier alpha value is -3.01. The summed E-state index contributed by atoms with van der Waals surface area (Å²) in [7, 11) is 0. The fourth-order valence-corrected chi connectivity index (χ4v) is 3.35. The molecule has 0 aliphatic carbocycles. The topological polar surface area (TPSA) is 81.9 Å². The van der Waals surface area contributed by atoms with Gasteiger partial charge >= 0.3 is 0 Å². The molecule has 1 aliphatic rings. The summed E-state index contributed by atoms with van der Waals surface area (Å²) < 4.78 is 13.9. The molecule has 0 saturated carbocycles. The summed E-state index contributed by atoms with van der Waals surface area (Å²) in [6.07, 6.45) is 2.94. The van der Waals surface area contributed by atoms with E-state index < -0.39 is 0 Å². The lowest BCUT2D eigenvalue weighted by molar-refractivity contribution is -0.117. The number of rotatable bonds is 2. The second-order valence-electron chi connectivity index (χ2n) is 6.18. The Kier molecular flexibility index (Phi) is 4.36. The number of halogens is 1. The molecule has 2 heterocycles. The Bertz CT molecular complexity index is 863. The Labute approximate surface area is 145 Å². The molecular weight excluding hydrogens is 321 g/mol. The number of amides is 1. The van der Waals surface area contributed by atoms with Gasteiger partial charge in [0.2, 0.25) is 5.91 Å². The molecular formula is C18H18FN5O. The van der Waals surface area contributed by atoms with E-state index >= 15 is 0 Å². The number of aromatic nitrogens is 2. The zero-order valence-corrected chi connectivity index (χ0v) is 14.2. The molecule has 25 heavy (non-hydrogen) atoms. The molecule has 0 saturated heterocycles. The van der Waals surface area contributed by atoms with Crippen molar-refractivity contribution < 1.29 is 9.18 Å². The van der Waals surface area contributed by atoms with Gasteiger partial charge in [-0.05, 0) is 25.1 Å². The van der Waals surface area contributed by atoms with E-state index in [1.165, 1.54) is 31.5 Å². The van der Waals surface area contributed by atoms with Crippen molar-refractivity contribution in [3.8, 4) is 6.07 Å². The maximum atomic E-state index is 13.9. The SMILES string of the molecule is CC(=O)N1c2ccc(F)cc2[C@H](Nc2nccnc2C#N)[C@@H](C)[C@@H]1C. The molecule has 2 aromatic rings. The summed E-state index contributed by atoms with van der Waals surface area (Å²) >= 11 is 0. The number of nitriles is 1. The minimum Gasteiger partial charge on any atom is -0.360 e. The number of fused-ring (bicyclic) bond motifs is 1. The zero-order valence-electron chi connectivity index (χ0n) is 14.2. The van der Waals surface area contributed by atoms with E-state index in [9.17, 15) is 14.4 Å². The van der Waals surface area contributed by atoms with Gasteiger partial charge in [0.25, 0.3) is 0 Å². The van der Waals surface area contributed by atoms with E-state index in [-0.39, 0.29) is 35.4 Å². The minimum atomic E-state index is -0.379. The maximum Gasteiger partial charge on any atom is 0.224 e. The van der Waals surface area contributed by atoms with Gasteiger partial charge in [-0.1, -0.05) is 6.92 Å². The van der Waals surface area contributed by atoms with Gasteiger partial charge in [0.1, 0.15) is 11.9 Å². The molecule has 1 amide bonds. The highest BCUT2D eigenvalue weighted by Gasteiger charge is 2.38. The third kappa shape index (κ3) is 2.91. The molecule has 128 valence electrons. The summed E-state index contributed by atoms with van der Waals surface area (Å²) in [5.74, 6) is -0.161. The van der Waals surface area contributed by atoms with Gasteiger partial charge in [-0.25, -0.2) is 14.4 Å². The lowest BCUT2D eigenvalue weighted by atomic mass is 9.82. The van der Waals surface area contributed by atoms with Gasteiger partial charge in [0, 0.05) is 42.5 Å². The van der Waals surface area contributed by atoms with Gasteiger partial charge in [0.15, 0.2) is 11.5 Å². The molecule has 3 rings (SSSR count). The van der Waals surface area contributed by atoms with E-state index in [4.69, 9.17) is 0 Å². The predicted molar refractivity (Wildman–Crippen MR) is 91.3 cm³/mol. The van der Waals surface area contributed by atoms with Crippen LogP contribution in [0.4, 0.5) is 15.9 Å². The van der Waals surface area contributed by atoms with Crippen molar-refractivity contribution in [1.82, 2.24) is 9.97 Å². The van der Waals surface area contributed by atoms with Gasteiger partial charge in [-0.2, -0.15) is 5.26 Å². The van der Waals surface area contributed by atoms with E-state index in [0.717, 1.165) is 0 Å². The number of benzene rings is 1. The molecule has 6 nitrogen and oxygen atoms in total. The highest BCUT2D eigenvalue weighted by molar-refractivity contribution is 5.94. The van der Waals surface area contributed by atoms with Crippen LogP contribution in [0.2, 0.25) is 0 Å². The number of anilines is 2. The summed E-state index contributed by atoms with van der Waals surface area (Å²) in [5, 5.41) is 12.4. The summed E-state index contributed by atoms with van der Waals surface area (Å²) in [6.45, 7) is 5.43. The molecule has 3 atom stereocenters. The highest BCUT2D eigenvalue weighted by Crippen LogP contribution is 2.42. The Morgan fingerprint density at radius 2 is 2.04 bits per heavy atom. The summed E-state index contributed by atoms with van der Waals surface area (Å²) in [4.78, 5) is 22.0. The molecule has 7 heteroatoms. The molecule has 0 radical (unpaired) electrons. The average Bonchev–Trinajstić information content (AvgIpc) is 2.59. The monoisotopic (exact) mass is 339 g/mol. The van der Waals surface area contributed by atoms with Crippen molar-refractivity contribution in [3.63, 3.8) is 0 Å². The molecule has 1 aromatic carbocycles. The van der Waals surface area contributed by atoms with Crippen LogP contribution in [-0.4, -0.2) is 21.9 Å². The fraction of sp³-hybridized carbons (Fsp3) is 0.333. The number of nitrogens with zero attached hydrogens (tertiary/aromatic N) is 4. The van der Waals surface area contributed by atoms with Crippen LogP contribution in [-0.2, 0) is 4.79 Å². The molecule has 1 N–H and O–H groups in total. The van der Waals surface area contributed by atoms with Crippen molar-refractivity contribution >= 4 is 17.4 Å². The van der Waals surface area contributed by atoms with Crippen LogP contribution in [0.15, 0.2) is 30.6 Å². The number of hydrogen-bond acceptors (Lipinski definition) is 5. The van der Waals surface area contributed by atoms with Gasteiger partial charge < -0.3 is 10.2 Å². The van der Waals surface area contributed by atoms with Crippen molar-refractivity contribution in [2.75, 3.05) is 10.2 Å². The molecule has 1 aromatic heterocycles. The standard InChI is InChI=1S/C18H18FN5O/c1-10-11(2)24(12(3)25)16-5-4-13(19)8-14(16)17(10)23-18-15(9-20)21-6-7-22-18/h4-8,10-11,17H,1-3H3,(H,22,23)/t10-,11-,17+/m0/s1. The number of carbonyl (C=O) groups excluding carboxylic acids is 1. The van der Waals surface area contributed by atoms with Crippen LogP contribution < -0.4 is 10.2 Å². The van der Waals surface area contributed by atoms with Crippen LogP contribution in [0.25, 0.3) is 0 Å². The maximum absolute atomic E-state index is 13.9. The third-order valence-corrected chi connectivity index (χ3v) is 4.71. The Morgan fingerprint density at radius 1 is 1.32 bits per heavy atom. The molecule has 0 unspecified atom stereocenters. The first kappa shape index (κ1) is 16.8. The van der Waals surface area contributed by atoms with Crippen LogP contribution in [0.5, 0.6) is 0 Å². The predicted octanol–water partition coefficient (Wildman–Crippen LogP) is 3.03. The van der Waals surface area contributed by atoms with Crippen LogP contribution in [0.1, 0.15) is 38.1 Å². The largest absolute Gasteiger partial charge is 0.360 e. The Morgan fingerprint density at radius 3 is 2.72 bits per heavy atom. The smallest absolute Gasteiger partial charge is 0.224 e. The van der Waals surface area contributed by atoms with Crippen LogP contribution >= 0.6 is 0 Å². The van der Waals surface area contributed by atoms with E-state index in [1.807, 2.05) is 19.9 Å². The van der Waals surface area contributed by atoms with Crippen molar-refractivity contribution in [2.45, 2.75) is 32.9 Å². The first-order chi connectivity index (χ1) is 11.9. The van der Waals surface area contributed by atoms with Crippen molar-refractivity contribution in [1.29, 1.82) is 5.26 Å². The molecule has 0 spiro atoms. The normalized spacial score (nSPS) is 22.0. The first-order valence-electron chi connectivity index (χ1n) is 8.01. The van der Waals surface area contributed by atoms with Gasteiger partial charge in [-0.3, -0.25) is 4.79 Å². The minimum absolute atomic E-state index is 0.0354. The average molecular weight is 339 g/mol. The van der Waals surface area contributed by atoms with E-state index in [2.05, 4.69) is 15.3 Å². The highest BCUT2D eigenvalue weighted by atomic mass is 19.1. The third-order valence-electron chi connectivity index (χ3n) is 4.71. The lowest BCUT2D eigenvalue weighted by Gasteiger charge is -2.44. The number of carbonyl (C=O) groups is 1. The second kappa shape index (κ2) is 6.48. The molecule has 0 bridgehead atoms. The zero-order chi connectivity index (χ0) is 18.1. The van der Waals surface area contributed by atoms with Gasteiger partial charge in [0.05, 0.1) is 6.04 Å². The second-order valence-corrected chi connectivity index (χ2v) is 6.18. The summed E-state index contributed by atoms with van der Waals surface area (Å²) in [6, 6.07) is 5.98. The molecule has 0 fully saturated rings. The molecule has 1 aliphatic heterocycles. The van der Waals surface area contributed by atoms with E-state index in [1.54, 1.807) is 11.0 Å². The van der Waals surface area contributed by atoms with Crippen LogP contribution in [0, 0.1) is 23.1 Å². The quantitative estimate of drug-likeness (QED) is 0.909. The van der Waals surface area contributed by atoms with Crippen molar-refractivity contribution in [3.05, 3.63) is 47.7 Å².